The number of aromatic nitrogens is 1. The van der Waals surface area contributed by atoms with E-state index < -0.39 is 5.97 Å². The number of aliphatic carboxylic acids is 1. The molecule has 1 aromatic carbocycles. The molecule has 0 atom stereocenters. The second-order valence-corrected chi connectivity index (χ2v) is 4.28. The Morgan fingerprint density at radius 3 is 2.89 bits per heavy atom. The maximum Gasteiger partial charge on any atom is 0.357 e. The summed E-state index contributed by atoms with van der Waals surface area (Å²) in [5.74, 6) is 3.79. The first-order chi connectivity index (χ1) is 8.61. The van der Waals surface area contributed by atoms with Crippen LogP contribution in [0.1, 0.15) is 0 Å². The van der Waals surface area contributed by atoms with Gasteiger partial charge in [0.15, 0.2) is 5.70 Å². The molecule has 0 unspecified atom stereocenters. The number of fused-ring (bicyclic) bond motifs is 1. The number of thiazole rings is 1. The maximum atomic E-state index is 10.8. The summed E-state index contributed by atoms with van der Waals surface area (Å²) in [6, 6.07) is 5.40. The average Bonchev–Trinajstić information content (AvgIpc) is 2.76. The summed E-state index contributed by atoms with van der Waals surface area (Å²) in [5.41, 5.74) is 10.6. The zero-order valence-electron chi connectivity index (χ0n) is 9.18. The highest BCUT2D eigenvalue weighted by Crippen LogP contribution is 2.22. The van der Waals surface area contributed by atoms with Gasteiger partial charge in [-0.3, -0.25) is 5.84 Å². The number of hydrazine groups is 1. The third-order valence-electron chi connectivity index (χ3n) is 2.24. The minimum atomic E-state index is -1.23. The highest BCUT2D eigenvalue weighted by Gasteiger charge is 2.11. The predicted molar refractivity (Wildman–Crippen MR) is 69.4 cm³/mol. The Morgan fingerprint density at radius 2 is 2.22 bits per heavy atom. The first-order valence-electron chi connectivity index (χ1n) is 4.91. The molecule has 18 heavy (non-hydrogen) atoms. The fourth-order valence-corrected chi connectivity index (χ4v) is 2.12. The summed E-state index contributed by atoms with van der Waals surface area (Å²) in [7, 11) is 0. The molecule has 0 aliphatic rings. The molecule has 0 bridgehead atoms. The van der Waals surface area contributed by atoms with Crippen molar-refractivity contribution in [3.63, 3.8) is 0 Å². The molecule has 1 aromatic heterocycles. The van der Waals surface area contributed by atoms with E-state index >= 15 is 0 Å². The van der Waals surface area contributed by atoms with Gasteiger partial charge in [0, 0.05) is 5.69 Å². The van der Waals surface area contributed by atoms with Crippen molar-refractivity contribution in [1.82, 2.24) is 10.4 Å². The fraction of sp³-hybridized carbons (Fsp3) is 0. The van der Waals surface area contributed by atoms with Gasteiger partial charge in [-0.25, -0.2) is 9.78 Å². The molecule has 0 saturated heterocycles. The molecule has 0 fully saturated rings. The Bertz CT molecular complexity index is 622. The molecule has 0 spiro atoms. The van der Waals surface area contributed by atoms with E-state index in [0.29, 0.717) is 5.69 Å². The molecule has 2 aromatic rings. The number of anilines is 1. The monoisotopic (exact) mass is 265 g/mol. The summed E-state index contributed by atoms with van der Waals surface area (Å²) in [5, 5.41) is 11.6. The van der Waals surface area contributed by atoms with Crippen molar-refractivity contribution in [2.75, 3.05) is 5.32 Å². The van der Waals surface area contributed by atoms with Crippen LogP contribution >= 0.6 is 11.3 Å². The molecular weight excluding hydrogens is 254 g/mol. The summed E-state index contributed by atoms with van der Waals surface area (Å²) in [4.78, 5) is 14.9. The molecule has 0 aliphatic carbocycles. The Balaban J connectivity index is 2.30. The van der Waals surface area contributed by atoms with Gasteiger partial charge >= 0.3 is 5.97 Å². The van der Waals surface area contributed by atoms with Gasteiger partial charge in [-0.1, -0.05) is 0 Å². The lowest BCUT2D eigenvalue weighted by atomic mass is 10.3. The van der Waals surface area contributed by atoms with Crippen LogP contribution in [0.15, 0.2) is 35.2 Å². The van der Waals surface area contributed by atoms with Gasteiger partial charge in [-0.2, -0.15) is 0 Å². The SMILES string of the molecule is NN/C(C(=O)O)=C(\N)Nc1ccc2ncsc2c1. The molecule has 0 aliphatic heterocycles. The number of carboxylic acid groups (broad SMARTS) is 1. The van der Waals surface area contributed by atoms with Crippen LogP contribution < -0.4 is 22.3 Å². The van der Waals surface area contributed by atoms with Crippen LogP contribution in [-0.2, 0) is 4.79 Å². The lowest BCUT2D eigenvalue weighted by molar-refractivity contribution is -0.133. The van der Waals surface area contributed by atoms with E-state index in [2.05, 4.69) is 10.3 Å². The van der Waals surface area contributed by atoms with Crippen molar-refractivity contribution in [3.05, 3.63) is 35.2 Å². The van der Waals surface area contributed by atoms with Crippen molar-refractivity contribution in [1.29, 1.82) is 0 Å². The van der Waals surface area contributed by atoms with Gasteiger partial charge in [0.05, 0.1) is 15.7 Å². The molecular formula is C10H11N5O2S. The zero-order chi connectivity index (χ0) is 13.1. The molecule has 0 amide bonds. The van der Waals surface area contributed by atoms with Crippen LogP contribution in [0, 0.1) is 0 Å². The Kier molecular flexibility index (Phi) is 3.31. The number of nitrogens with two attached hydrogens (primary N) is 2. The molecule has 7 N–H and O–H groups in total. The molecule has 2 rings (SSSR count). The summed E-state index contributed by atoms with van der Waals surface area (Å²) in [6.07, 6.45) is 0. The summed E-state index contributed by atoms with van der Waals surface area (Å²) in [6.45, 7) is 0. The van der Waals surface area contributed by atoms with Crippen molar-refractivity contribution in [2.24, 2.45) is 11.6 Å². The van der Waals surface area contributed by atoms with Crippen molar-refractivity contribution in [2.45, 2.75) is 0 Å². The molecule has 0 radical (unpaired) electrons. The van der Waals surface area contributed by atoms with E-state index in [0.717, 1.165) is 10.2 Å². The molecule has 7 nitrogen and oxygen atoms in total. The van der Waals surface area contributed by atoms with Gasteiger partial charge in [0.2, 0.25) is 0 Å². The van der Waals surface area contributed by atoms with Crippen LogP contribution in [0.25, 0.3) is 10.2 Å². The minimum Gasteiger partial charge on any atom is -0.476 e. The number of hydrogen-bond donors (Lipinski definition) is 5. The predicted octanol–water partition coefficient (Wildman–Crippen LogP) is 0.384. The van der Waals surface area contributed by atoms with E-state index in [4.69, 9.17) is 16.7 Å². The lowest BCUT2D eigenvalue weighted by Gasteiger charge is -2.10. The quantitative estimate of drug-likeness (QED) is 0.307. The number of hydrogen-bond acceptors (Lipinski definition) is 7. The Labute approximate surface area is 106 Å². The fourth-order valence-electron chi connectivity index (χ4n) is 1.41. The van der Waals surface area contributed by atoms with Crippen LogP contribution in [0.4, 0.5) is 5.69 Å². The highest BCUT2D eigenvalue weighted by molar-refractivity contribution is 7.16. The molecule has 1 heterocycles. The first-order valence-corrected chi connectivity index (χ1v) is 5.79. The van der Waals surface area contributed by atoms with E-state index in [1.165, 1.54) is 11.3 Å². The van der Waals surface area contributed by atoms with Crippen molar-refractivity contribution >= 4 is 33.2 Å². The summed E-state index contributed by atoms with van der Waals surface area (Å²) < 4.78 is 0.977. The first kappa shape index (κ1) is 12.1. The number of carboxylic acids is 1. The van der Waals surface area contributed by atoms with Gasteiger partial charge in [-0.05, 0) is 18.2 Å². The zero-order valence-corrected chi connectivity index (χ0v) is 9.99. The van der Waals surface area contributed by atoms with Crippen LogP contribution in [0.5, 0.6) is 0 Å². The third kappa shape index (κ3) is 2.34. The van der Waals surface area contributed by atoms with Gasteiger partial charge in [0.1, 0.15) is 5.82 Å². The third-order valence-corrected chi connectivity index (χ3v) is 3.03. The van der Waals surface area contributed by atoms with Crippen LogP contribution in [0.2, 0.25) is 0 Å². The standard InChI is InChI=1S/C10H11N5O2S/c11-9(8(15-12)10(16)17)14-5-1-2-6-7(3-5)18-4-13-6/h1-4,14-15H,11-12H2,(H,16,17)/b9-8+. The number of rotatable bonds is 4. The lowest BCUT2D eigenvalue weighted by Crippen LogP contribution is -2.32. The number of nitrogens with zero attached hydrogens (tertiary/aromatic N) is 1. The van der Waals surface area contributed by atoms with Gasteiger partial charge in [0.25, 0.3) is 0 Å². The number of benzene rings is 1. The largest absolute Gasteiger partial charge is 0.476 e. The van der Waals surface area contributed by atoms with Gasteiger partial charge < -0.3 is 21.6 Å². The molecule has 94 valence electrons. The minimum absolute atomic E-state index is 0.0612. The normalized spacial score (nSPS) is 12.1. The van der Waals surface area contributed by atoms with Gasteiger partial charge in [-0.15, -0.1) is 11.3 Å². The Hall–Kier alpha value is -2.32. The van der Waals surface area contributed by atoms with E-state index in [9.17, 15) is 4.79 Å². The van der Waals surface area contributed by atoms with E-state index in [-0.39, 0.29) is 11.5 Å². The Morgan fingerprint density at radius 1 is 1.44 bits per heavy atom. The second kappa shape index (κ2) is 4.90. The topological polar surface area (TPSA) is 126 Å². The maximum absolute atomic E-state index is 10.8. The number of nitrogens with one attached hydrogen (secondary N) is 2. The highest BCUT2D eigenvalue weighted by atomic mass is 32.1. The molecule has 0 saturated carbocycles. The smallest absolute Gasteiger partial charge is 0.357 e. The average molecular weight is 265 g/mol. The summed E-state index contributed by atoms with van der Waals surface area (Å²) >= 11 is 1.48. The number of carbonyl (C=O) groups is 1. The van der Waals surface area contributed by atoms with Crippen molar-refractivity contribution < 1.29 is 9.90 Å². The second-order valence-electron chi connectivity index (χ2n) is 3.40. The van der Waals surface area contributed by atoms with Crippen LogP contribution in [-0.4, -0.2) is 16.1 Å². The van der Waals surface area contributed by atoms with Crippen LogP contribution in [0.3, 0.4) is 0 Å². The van der Waals surface area contributed by atoms with E-state index in [1.807, 2.05) is 17.6 Å². The van der Waals surface area contributed by atoms with Crippen molar-refractivity contribution in [3.8, 4) is 0 Å². The van der Waals surface area contributed by atoms with E-state index in [1.54, 1.807) is 11.6 Å². The molecule has 8 heteroatoms.